The topological polar surface area (TPSA) is 86.6 Å². The molecule has 4 rings (SSSR count). The Hall–Kier alpha value is -3.35. The van der Waals surface area contributed by atoms with Crippen molar-refractivity contribution in [2.75, 3.05) is 6.54 Å². The Morgan fingerprint density at radius 3 is 2.12 bits per heavy atom. The number of hydrogen-bond donors (Lipinski definition) is 1. The predicted octanol–water partition coefficient (Wildman–Crippen LogP) is 1.90. The van der Waals surface area contributed by atoms with Gasteiger partial charge in [-0.1, -0.05) is 31.2 Å². The van der Waals surface area contributed by atoms with Crippen LogP contribution in [-0.2, 0) is 4.79 Å². The molecule has 130 valence electrons. The molecule has 0 aromatic heterocycles. The highest BCUT2D eigenvalue weighted by Gasteiger charge is 2.47. The van der Waals surface area contributed by atoms with Gasteiger partial charge in [-0.15, -0.1) is 0 Å². The average Bonchev–Trinajstić information content (AvgIpc) is 2.86. The van der Waals surface area contributed by atoms with E-state index >= 15 is 0 Å². The number of benzene rings is 2. The molecule has 7 nitrogen and oxygen atoms in total. The van der Waals surface area contributed by atoms with Gasteiger partial charge in [0, 0.05) is 0 Å². The number of carbonyl (C=O) groups excluding carboxylic acids is 4. The second-order valence-corrected chi connectivity index (χ2v) is 6.29. The third-order valence-corrected chi connectivity index (χ3v) is 4.58. The van der Waals surface area contributed by atoms with Crippen molar-refractivity contribution in [1.82, 2.24) is 10.2 Å². The monoisotopic (exact) mass is 350 g/mol. The maximum absolute atomic E-state index is 12.9. The van der Waals surface area contributed by atoms with E-state index in [1.54, 1.807) is 12.1 Å². The van der Waals surface area contributed by atoms with Gasteiger partial charge in [-0.05, 0) is 29.3 Å². The molecule has 2 aliphatic rings. The van der Waals surface area contributed by atoms with Crippen molar-refractivity contribution in [2.45, 2.75) is 19.8 Å². The van der Waals surface area contributed by atoms with E-state index in [0.717, 1.165) is 15.7 Å². The molecule has 0 unspecified atom stereocenters. The number of urea groups is 1. The summed E-state index contributed by atoms with van der Waals surface area (Å²) in [5.74, 6) is -1.42. The molecular weight excluding hydrogens is 334 g/mol. The van der Waals surface area contributed by atoms with Crippen LogP contribution in [-0.4, -0.2) is 45.6 Å². The zero-order valence-electron chi connectivity index (χ0n) is 14.1. The zero-order chi connectivity index (χ0) is 18.4. The molecule has 2 aromatic carbocycles. The summed E-state index contributed by atoms with van der Waals surface area (Å²) >= 11 is 0. The SMILES string of the molecule is CCC[N+]1=C(N2C(=O)c3cc4ccccc4cc3C2=O)CC(=O)NC1=O. The van der Waals surface area contributed by atoms with Crippen LogP contribution in [0.5, 0.6) is 0 Å². The molecular formula is C19H16N3O4+. The van der Waals surface area contributed by atoms with E-state index in [0.29, 0.717) is 13.0 Å². The van der Waals surface area contributed by atoms with Crippen molar-refractivity contribution in [3.8, 4) is 0 Å². The number of imide groups is 2. The van der Waals surface area contributed by atoms with Crippen molar-refractivity contribution >= 4 is 40.4 Å². The molecule has 0 fully saturated rings. The molecule has 2 aromatic rings. The summed E-state index contributed by atoms with van der Waals surface area (Å²) in [6.07, 6.45) is 0.425. The van der Waals surface area contributed by atoms with Crippen LogP contribution in [0.1, 0.15) is 40.5 Å². The lowest BCUT2D eigenvalue weighted by Crippen LogP contribution is -2.53. The van der Waals surface area contributed by atoms with Crippen molar-refractivity contribution in [1.29, 1.82) is 0 Å². The molecule has 0 saturated heterocycles. The minimum atomic E-state index is -0.611. The molecule has 7 heteroatoms. The van der Waals surface area contributed by atoms with Crippen LogP contribution in [0.25, 0.3) is 10.8 Å². The minimum absolute atomic E-state index is 0.121. The van der Waals surface area contributed by atoms with E-state index in [1.807, 2.05) is 31.2 Å². The van der Waals surface area contributed by atoms with E-state index in [2.05, 4.69) is 5.32 Å². The second-order valence-electron chi connectivity index (χ2n) is 6.29. The van der Waals surface area contributed by atoms with Crippen LogP contribution in [0.15, 0.2) is 36.4 Å². The fourth-order valence-electron chi connectivity index (χ4n) is 3.40. The van der Waals surface area contributed by atoms with Crippen molar-refractivity contribution < 1.29 is 23.8 Å². The summed E-state index contributed by atoms with van der Waals surface area (Å²) in [7, 11) is 0. The van der Waals surface area contributed by atoms with Crippen molar-refractivity contribution in [3.05, 3.63) is 47.5 Å². The Bertz CT molecular complexity index is 984. The van der Waals surface area contributed by atoms with E-state index in [4.69, 9.17) is 0 Å². The van der Waals surface area contributed by atoms with E-state index in [-0.39, 0.29) is 23.4 Å². The highest BCUT2D eigenvalue weighted by Crippen LogP contribution is 2.29. The number of rotatable bonds is 2. The number of amides is 5. The van der Waals surface area contributed by atoms with Gasteiger partial charge in [-0.25, -0.2) is 19.7 Å². The van der Waals surface area contributed by atoms with Gasteiger partial charge in [0.2, 0.25) is 5.84 Å². The Kier molecular flexibility index (Phi) is 3.64. The molecule has 0 radical (unpaired) electrons. The highest BCUT2D eigenvalue weighted by molar-refractivity contribution is 6.32. The number of fused-ring (bicyclic) bond motifs is 2. The van der Waals surface area contributed by atoms with Gasteiger partial charge in [-0.2, -0.15) is 9.48 Å². The summed E-state index contributed by atoms with van der Waals surface area (Å²) in [5, 5.41) is 3.92. The molecule has 2 aliphatic heterocycles. The van der Waals surface area contributed by atoms with Crippen molar-refractivity contribution in [3.63, 3.8) is 0 Å². The largest absolute Gasteiger partial charge is 0.443 e. The first-order valence-corrected chi connectivity index (χ1v) is 8.40. The van der Waals surface area contributed by atoms with Gasteiger partial charge in [0.25, 0.3) is 5.91 Å². The average molecular weight is 350 g/mol. The molecule has 0 saturated carbocycles. The summed E-state index contributed by atoms with van der Waals surface area (Å²) < 4.78 is 1.29. The predicted molar refractivity (Wildman–Crippen MR) is 93.0 cm³/mol. The van der Waals surface area contributed by atoms with Gasteiger partial charge in [0.15, 0.2) is 0 Å². The summed E-state index contributed by atoms with van der Waals surface area (Å²) in [5.41, 5.74) is 0.576. The smallest absolute Gasteiger partial charge is 0.256 e. The number of carbonyl (C=O) groups is 4. The first kappa shape index (κ1) is 16.1. The fraction of sp³-hybridized carbons (Fsp3) is 0.211. The lowest BCUT2D eigenvalue weighted by Gasteiger charge is -2.19. The molecule has 0 bridgehead atoms. The van der Waals surface area contributed by atoms with Gasteiger partial charge < -0.3 is 0 Å². The van der Waals surface area contributed by atoms with E-state index in [9.17, 15) is 19.2 Å². The molecule has 0 atom stereocenters. The lowest BCUT2D eigenvalue weighted by atomic mass is 10.0. The quantitative estimate of drug-likeness (QED) is 0.662. The fourth-order valence-corrected chi connectivity index (χ4v) is 3.40. The first-order chi connectivity index (χ1) is 12.5. The van der Waals surface area contributed by atoms with E-state index < -0.39 is 23.8 Å². The van der Waals surface area contributed by atoms with Crippen LogP contribution in [0.2, 0.25) is 0 Å². The lowest BCUT2D eigenvalue weighted by molar-refractivity contribution is -0.435. The summed E-state index contributed by atoms with van der Waals surface area (Å²) in [6.45, 7) is 2.18. The number of nitrogens with zero attached hydrogens (tertiary/aromatic N) is 2. The number of hydrogen-bond acceptors (Lipinski definition) is 4. The van der Waals surface area contributed by atoms with Crippen molar-refractivity contribution in [2.24, 2.45) is 0 Å². The van der Waals surface area contributed by atoms with Gasteiger partial charge >= 0.3 is 17.8 Å². The van der Waals surface area contributed by atoms with Gasteiger partial charge in [-0.3, -0.25) is 4.79 Å². The van der Waals surface area contributed by atoms with Gasteiger partial charge in [0.05, 0.1) is 17.7 Å². The first-order valence-electron chi connectivity index (χ1n) is 8.40. The maximum atomic E-state index is 12.9. The molecule has 1 N–H and O–H groups in total. The third kappa shape index (κ3) is 2.32. The van der Waals surface area contributed by atoms with Crippen LogP contribution in [0, 0.1) is 0 Å². The Balaban J connectivity index is 1.87. The van der Waals surface area contributed by atoms with Gasteiger partial charge in [0.1, 0.15) is 6.42 Å². The summed E-state index contributed by atoms with van der Waals surface area (Å²) in [4.78, 5) is 50.8. The Morgan fingerprint density at radius 2 is 1.58 bits per heavy atom. The molecule has 5 amide bonds. The van der Waals surface area contributed by atoms with Crippen LogP contribution in [0.3, 0.4) is 0 Å². The van der Waals surface area contributed by atoms with Crippen LogP contribution >= 0.6 is 0 Å². The normalized spacial score (nSPS) is 17.2. The Morgan fingerprint density at radius 1 is 1.00 bits per heavy atom. The third-order valence-electron chi connectivity index (χ3n) is 4.58. The zero-order valence-corrected chi connectivity index (χ0v) is 14.1. The second kappa shape index (κ2) is 5.87. The summed E-state index contributed by atoms with van der Waals surface area (Å²) in [6, 6.07) is 10.2. The highest BCUT2D eigenvalue weighted by atomic mass is 16.2. The van der Waals surface area contributed by atoms with E-state index in [1.165, 1.54) is 4.58 Å². The van der Waals surface area contributed by atoms with Crippen LogP contribution in [0.4, 0.5) is 4.79 Å². The molecule has 0 spiro atoms. The number of nitrogens with one attached hydrogen (secondary N) is 1. The minimum Gasteiger partial charge on any atom is -0.256 e. The van der Waals surface area contributed by atoms with Crippen LogP contribution < -0.4 is 5.32 Å². The maximum Gasteiger partial charge on any atom is 0.443 e. The number of amidine groups is 1. The molecule has 2 heterocycles. The Labute approximate surface area is 148 Å². The molecule has 0 aliphatic carbocycles. The molecule has 26 heavy (non-hydrogen) atoms. The standard InChI is InChI=1S/C19H15N3O4/c1-2-7-21-16(10-15(23)20-19(21)26)22-17(24)13-8-11-5-3-4-6-12(11)9-14(13)18(22)25/h3-6,8-9H,2,7,10H2,1H3/p+1.